The van der Waals surface area contributed by atoms with Crippen LogP contribution in [0.5, 0.6) is 0 Å². The van der Waals surface area contributed by atoms with Crippen molar-refractivity contribution in [2.75, 3.05) is 11.4 Å². The first-order chi connectivity index (χ1) is 16.3. The van der Waals surface area contributed by atoms with Crippen LogP contribution >= 0.6 is 11.6 Å². The summed E-state index contributed by atoms with van der Waals surface area (Å²) in [5, 5.41) is 11.7. The molecule has 0 aliphatic rings. The number of benzene rings is 3. The first-order valence-corrected chi connectivity index (χ1v) is 12.1. The molecule has 2 N–H and O–H groups in total. The van der Waals surface area contributed by atoms with Crippen molar-refractivity contribution in [1.29, 1.82) is 0 Å². The number of aromatic carboxylic acids is 1. The second-order valence-corrected chi connectivity index (χ2v) is 10.1. The van der Waals surface area contributed by atoms with Crippen LogP contribution in [0.1, 0.15) is 10.5 Å². The summed E-state index contributed by atoms with van der Waals surface area (Å²) in [6.07, 6.45) is 0. The van der Waals surface area contributed by atoms with Crippen LogP contribution < -0.4 is 4.31 Å². The van der Waals surface area contributed by atoms with Gasteiger partial charge in [0.2, 0.25) is 0 Å². The Balaban J connectivity index is 1.62. The van der Waals surface area contributed by atoms with E-state index in [4.69, 9.17) is 11.6 Å². The highest BCUT2D eigenvalue weighted by atomic mass is 35.5. The Bertz CT molecular complexity index is 1660. The fourth-order valence-electron chi connectivity index (χ4n) is 3.91. The molecule has 5 aromatic rings. The fraction of sp³-hybridized carbons (Fsp3) is 0.0400. The average Bonchev–Trinajstić information content (AvgIpc) is 3.21. The highest BCUT2D eigenvalue weighted by molar-refractivity contribution is 7.92. The zero-order chi connectivity index (χ0) is 24.0. The predicted octanol–water partition coefficient (Wildman–Crippen LogP) is 5.56. The highest BCUT2D eigenvalue weighted by Gasteiger charge is 2.22. The molecule has 34 heavy (non-hydrogen) atoms. The molecule has 0 unspecified atom stereocenters. The molecule has 0 radical (unpaired) electrons. The zero-order valence-electron chi connectivity index (χ0n) is 17.9. The van der Waals surface area contributed by atoms with Crippen LogP contribution in [-0.4, -0.2) is 36.5 Å². The maximum Gasteiger partial charge on any atom is 0.354 e. The number of carboxylic acids is 1. The summed E-state index contributed by atoms with van der Waals surface area (Å²) in [5.41, 5.74) is 2.88. The number of hydrogen-bond acceptors (Lipinski definition) is 4. The van der Waals surface area contributed by atoms with Crippen molar-refractivity contribution in [1.82, 2.24) is 9.97 Å². The summed E-state index contributed by atoms with van der Waals surface area (Å²) >= 11 is 6.13. The van der Waals surface area contributed by atoms with Gasteiger partial charge >= 0.3 is 5.97 Å². The smallest absolute Gasteiger partial charge is 0.354 e. The van der Waals surface area contributed by atoms with Gasteiger partial charge in [0.1, 0.15) is 5.69 Å². The molecule has 170 valence electrons. The molecule has 2 aromatic heterocycles. The van der Waals surface area contributed by atoms with Gasteiger partial charge in [-0.3, -0.25) is 4.31 Å². The number of fused-ring (bicyclic) bond motifs is 3. The van der Waals surface area contributed by atoms with E-state index in [2.05, 4.69) is 9.97 Å². The van der Waals surface area contributed by atoms with Gasteiger partial charge in [-0.2, -0.15) is 0 Å². The number of hydrogen-bond donors (Lipinski definition) is 2. The zero-order valence-corrected chi connectivity index (χ0v) is 19.4. The van der Waals surface area contributed by atoms with Gasteiger partial charge in [-0.25, -0.2) is 18.2 Å². The van der Waals surface area contributed by atoms with Crippen molar-refractivity contribution >= 4 is 55.1 Å². The molecule has 0 spiro atoms. The second kappa shape index (κ2) is 8.16. The SMILES string of the molecule is CN(c1ccc(-c2nc(C(=O)O)cc3c2[nH]c2cc(Cl)ccc23)cc1)S(=O)(=O)c1ccccc1. The van der Waals surface area contributed by atoms with Gasteiger partial charge < -0.3 is 10.1 Å². The maximum absolute atomic E-state index is 12.9. The Labute approximate surface area is 200 Å². The Hall–Kier alpha value is -3.88. The van der Waals surface area contributed by atoms with Crippen LogP contribution in [0, 0.1) is 0 Å². The Morgan fingerprint density at radius 2 is 1.68 bits per heavy atom. The standard InChI is InChI=1S/C25H18ClN3O4S/c1-29(34(32,33)18-5-3-2-4-6-18)17-10-7-15(8-11-17)23-24-20(14-22(28-23)25(30)31)19-12-9-16(26)13-21(19)27-24/h2-14,27H,1H3,(H,30,31). The summed E-state index contributed by atoms with van der Waals surface area (Å²) in [4.78, 5) is 19.6. The summed E-state index contributed by atoms with van der Waals surface area (Å²) in [5.74, 6) is -1.14. The fourth-order valence-corrected chi connectivity index (χ4v) is 5.30. The molecular formula is C25H18ClN3O4S. The van der Waals surface area contributed by atoms with E-state index in [1.165, 1.54) is 17.4 Å². The number of nitrogens with one attached hydrogen (secondary N) is 1. The molecule has 0 fully saturated rings. The van der Waals surface area contributed by atoms with Crippen LogP contribution in [0.2, 0.25) is 5.02 Å². The van der Waals surface area contributed by atoms with E-state index in [0.717, 1.165) is 10.9 Å². The van der Waals surface area contributed by atoms with Crippen LogP contribution in [0.4, 0.5) is 5.69 Å². The van der Waals surface area contributed by atoms with Crippen molar-refractivity contribution in [3.8, 4) is 11.3 Å². The molecule has 7 nitrogen and oxygen atoms in total. The van der Waals surface area contributed by atoms with Crippen molar-refractivity contribution in [2.45, 2.75) is 4.90 Å². The summed E-state index contributed by atoms with van der Waals surface area (Å²) < 4.78 is 27.1. The van der Waals surface area contributed by atoms with E-state index in [-0.39, 0.29) is 10.6 Å². The number of carbonyl (C=O) groups is 1. The molecule has 9 heteroatoms. The van der Waals surface area contributed by atoms with E-state index in [0.29, 0.717) is 32.9 Å². The van der Waals surface area contributed by atoms with Gasteiger partial charge in [0.05, 0.1) is 21.8 Å². The topological polar surface area (TPSA) is 103 Å². The minimum absolute atomic E-state index is 0.0915. The number of nitrogens with zero attached hydrogens (tertiary/aromatic N) is 2. The van der Waals surface area contributed by atoms with E-state index in [1.54, 1.807) is 66.7 Å². The first-order valence-electron chi connectivity index (χ1n) is 10.3. The van der Waals surface area contributed by atoms with Crippen LogP contribution in [0.25, 0.3) is 33.1 Å². The third kappa shape index (κ3) is 3.67. The number of carboxylic acid groups (broad SMARTS) is 1. The predicted molar refractivity (Wildman–Crippen MR) is 133 cm³/mol. The molecule has 0 amide bonds. The van der Waals surface area contributed by atoms with Crippen molar-refractivity contribution in [2.24, 2.45) is 0 Å². The van der Waals surface area contributed by atoms with Gasteiger partial charge in [0.15, 0.2) is 0 Å². The second-order valence-electron chi connectivity index (χ2n) is 7.73. The minimum atomic E-state index is -3.72. The summed E-state index contributed by atoms with van der Waals surface area (Å²) in [6.45, 7) is 0. The molecule has 2 heterocycles. The van der Waals surface area contributed by atoms with E-state index in [1.807, 2.05) is 6.07 Å². The average molecular weight is 492 g/mol. The third-order valence-electron chi connectivity index (χ3n) is 5.68. The number of H-pyrrole nitrogens is 1. The van der Waals surface area contributed by atoms with Gasteiger partial charge in [-0.1, -0.05) is 48.0 Å². The number of aromatic nitrogens is 2. The third-order valence-corrected chi connectivity index (χ3v) is 7.71. The lowest BCUT2D eigenvalue weighted by atomic mass is 10.1. The Morgan fingerprint density at radius 3 is 2.35 bits per heavy atom. The minimum Gasteiger partial charge on any atom is -0.477 e. The molecular weight excluding hydrogens is 474 g/mol. The molecule has 0 saturated heterocycles. The lowest BCUT2D eigenvalue weighted by Crippen LogP contribution is -2.26. The highest BCUT2D eigenvalue weighted by Crippen LogP contribution is 2.34. The maximum atomic E-state index is 12.9. The number of pyridine rings is 1. The Morgan fingerprint density at radius 1 is 0.971 bits per heavy atom. The lowest BCUT2D eigenvalue weighted by molar-refractivity contribution is 0.0691. The molecule has 3 aromatic carbocycles. The number of anilines is 1. The number of halogens is 1. The number of aromatic amines is 1. The molecule has 0 aliphatic heterocycles. The van der Waals surface area contributed by atoms with Crippen molar-refractivity contribution in [3.05, 3.63) is 89.6 Å². The van der Waals surface area contributed by atoms with E-state index < -0.39 is 16.0 Å². The summed E-state index contributed by atoms with van der Waals surface area (Å²) in [6, 6.07) is 21.8. The molecule has 0 saturated carbocycles. The van der Waals surface area contributed by atoms with Gasteiger partial charge in [0.25, 0.3) is 10.0 Å². The van der Waals surface area contributed by atoms with Crippen LogP contribution in [0.15, 0.2) is 83.8 Å². The van der Waals surface area contributed by atoms with Gasteiger partial charge in [0, 0.05) is 33.9 Å². The molecule has 0 aliphatic carbocycles. The Kier molecular flexibility index (Phi) is 5.27. The molecule has 5 rings (SSSR count). The van der Waals surface area contributed by atoms with Gasteiger partial charge in [-0.15, -0.1) is 0 Å². The van der Waals surface area contributed by atoms with E-state index in [9.17, 15) is 18.3 Å². The normalized spacial score (nSPS) is 11.7. The van der Waals surface area contributed by atoms with Gasteiger partial charge in [-0.05, 0) is 42.5 Å². The van der Waals surface area contributed by atoms with Crippen molar-refractivity contribution in [3.63, 3.8) is 0 Å². The quantitative estimate of drug-likeness (QED) is 0.335. The summed E-state index contributed by atoms with van der Waals surface area (Å²) in [7, 11) is -2.24. The lowest BCUT2D eigenvalue weighted by Gasteiger charge is -2.19. The largest absolute Gasteiger partial charge is 0.477 e. The van der Waals surface area contributed by atoms with Crippen LogP contribution in [-0.2, 0) is 10.0 Å². The van der Waals surface area contributed by atoms with E-state index >= 15 is 0 Å². The van der Waals surface area contributed by atoms with Crippen LogP contribution in [0.3, 0.4) is 0 Å². The monoisotopic (exact) mass is 491 g/mol. The molecule has 0 bridgehead atoms. The first kappa shape index (κ1) is 21.9. The number of rotatable bonds is 5. The number of sulfonamides is 1. The van der Waals surface area contributed by atoms with Crippen molar-refractivity contribution < 1.29 is 18.3 Å². The molecule has 0 atom stereocenters.